The van der Waals surface area contributed by atoms with Crippen LogP contribution < -0.4 is 0 Å². The molecule has 0 aliphatic rings. The van der Waals surface area contributed by atoms with Crippen molar-refractivity contribution in [2.75, 3.05) is 0 Å². The van der Waals surface area contributed by atoms with E-state index in [1.165, 1.54) is 0 Å². The van der Waals surface area contributed by atoms with Crippen molar-refractivity contribution in [3.8, 4) is 0 Å². The molecule has 4 nitrogen and oxygen atoms in total. The third kappa shape index (κ3) is 8.94. The lowest BCUT2D eigenvalue weighted by Gasteiger charge is -2.16. The molecule has 0 heterocycles. The number of carbonyl (C=O) groups is 2. The molecule has 0 aliphatic heterocycles. The quantitative estimate of drug-likeness (QED) is 0.562. The van der Waals surface area contributed by atoms with Gasteiger partial charge in [-0.3, -0.25) is 9.59 Å². The molecule has 0 amide bonds. The fourth-order valence-electron chi connectivity index (χ4n) is 2.60. The van der Waals surface area contributed by atoms with Crippen molar-refractivity contribution in [1.29, 1.82) is 0 Å². The van der Waals surface area contributed by atoms with Crippen LogP contribution in [0.2, 0.25) is 0 Å². The number of rotatable bonds is 11. The van der Waals surface area contributed by atoms with Crippen LogP contribution in [0, 0.1) is 23.7 Å². The number of aliphatic carboxylic acids is 2. The first-order valence-electron chi connectivity index (χ1n) is 7.69. The van der Waals surface area contributed by atoms with Crippen LogP contribution in [0.4, 0.5) is 0 Å². The third-order valence-electron chi connectivity index (χ3n) is 3.57. The van der Waals surface area contributed by atoms with Gasteiger partial charge in [-0.25, -0.2) is 0 Å². The van der Waals surface area contributed by atoms with E-state index in [-0.39, 0.29) is 11.8 Å². The minimum Gasteiger partial charge on any atom is -0.481 e. The van der Waals surface area contributed by atoms with E-state index in [1.807, 2.05) is 27.7 Å². The van der Waals surface area contributed by atoms with Crippen molar-refractivity contribution in [2.45, 2.75) is 66.2 Å². The van der Waals surface area contributed by atoms with Crippen LogP contribution in [0.25, 0.3) is 0 Å². The number of carboxylic acids is 2. The zero-order chi connectivity index (χ0) is 15.7. The summed E-state index contributed by atoms with van der Waals surface area (Å²) < 4.78 is 0. The van der Waals surface area contributed by atoms with Crippen molar-refractivity contribution < 1.29 is 19.8 Å². The van der Waals surface area contributed by atoms with E-state index in [0.717, 1.165) is 12.8 Å². The first-order valence-corrected chi connectivity index (χ1v) is 7.69. The van der Waals surface area contributed by atoms with Gasteiger partial charge in [0.15, 0.2) is 0 Å². The Bertz CT molecular complexity index is 267. The Kier molecular flexibility index (Phi) is 9.26. The molecule has 2 atom stereocenters. The summed E-state index contributed by atoms with van der Waals surface area (Å²) in [5.74, 6) is -1.27. The van der Waals surface area contributed by atoms with Crippen molar-refractivity contribution in [3.05, 3.63) is 0 Å². The average Bonchev–Trinajstić information content (AvgIpc) is 2.29. The highest BCUT2D eigenvalue weighted by atomic mass is 16.4. The Balaban J connectivity index is 4.07. The molecule has 2 N–H and O–H groups in total. The molecule has 0 aromatic rings. The van der Waals surface area contributed by atoms with Crippen LogP contribution in [-0.2, 0) is 9.59 Å². The van der Waals surface area contributed by atoms with Gasteiger partial charge in [-0.2, -0.15) is 0 Å². The maximum atomic E-state index is 11.1. The molecule has 0 saturated heterocycles. The van der Waals surface area contributed by atoms with Crippen molar-refractivity contribution in [3.63, 3.8) is 0 Å². The summed E-state index contributed by atoms with van der Waals surface area (Å²) in [6, 6.07) is 0. The molecular formula is C16H30O4. The predicted molar refractivity (Wildman–Crippen MR) is 79.6 cm³/mol. The molecule has 0 spiro atoms. The van der Waals surface area contributed by atoms with Gasteiger partial charge in [-0.1, -0.05) is 40.5 Å². The fourth-order valence-corrected chi connectivity index (χ4v) is 2.60. The first kappa shape index (κ1) is 18.9. The predicted octanol–water partition coefficient (Wildman–Crippen LogP) is 4.04. The monoisotopic (exact) mass is 286 g/mol. The second-order valence-corrected chi connectivity index (χ2v) is 6.61. The van der Waals surface area contributed by atoms with Gasteiger partial charge in [-0.15, -0.1) is 0 Å². The molecule has 2 unspecified atom stereocenters. The van der Waals surface area contributed by atoms with Gasteiger partial charge in [0, 0.05) is 0 Å². The van der Waals surface area contributed by atoms with E-state index in [9.17, 15) is 9.59 Å². The summed E-state index contributed by atoms with van der Waals surface area (Å²) >= 11 is 0. The van der Waals surface area contributed by atoms with Crippen molar-refractivity contribution in [1.82, 2.24) is 0 Å². The smallest absolute Gasteiger partial charge is 0.306 e. The van der Waals surface area contributed by atoms with E-state index in [2.05, 4.69) is 0 Å². The van der Waals surface area contributed by atoms with E-state index in [1.54, 1.807) is 0 Å². The molecule has 0 radical (unpaired) electrons. The molecule has 0 aliphatic carbocycles. The van der Waals surface area contributed by atoms with Gasteiger partial charge in [-0.05, 0) is 37.5 Å². The molecule has 20 heavy (non-hydrogen) atoms. The number of hydrogen-bond acceptors (Lipinski definition) is 2. The lowest BCUT2D eigenvalue weighted by molar-refractivity contribution is -0.144. The Morgan fingerprint density at radius 3 is 1.25 bits per heavy atom. The normalized spacial score (nSPS) is 14.5. The number of carboxylic acid groups (broad SMARTS) is 2. The van der Waals surface area contributed by atoms with Crippen molar-refractivity contribution >= 4 is 11.9 Å². The SMILES string of the molecule is CC(C)CC(CCCCC(CC(C)C)C(=O)O)C(=O)O. The largest absolute Gasteiger partial charge is 0.481 e. The van der Waals surface area contributed by atoms with E-state index in [0.29, 0.717) is 37.5 Å². The Morgan fingerprint density at radius 1 is 0.750 bits per heavy atom. The molecule has 0 fully saturated rings. The number of hydrogen-bond donors (Lipinski definition) is 2. The minimum atomic E-state index is -0.726. The second-order valence-electron chi connectivity index (χ2n) is 6.61. The van der Waals surface area contributed by atoms with Crippen LogP contribution in [0.1, 0.15) is 66.2 Å². The van der Waals surface area contributed by atoms with Gasteiger partial charge < -0.3 is 10.2 Å². The molecule has 0 aromatic carbocycles. The lowest BCUT2D eigenvalue weighted by Crippen LogP contribution is -2.17. The van der Waals surface area contributed by atoms with Crippen LogP contribution in [0.3, 0.4) is 0 Å². The van der Waals surface area contributed by atoms with Crippen LogP contribution in [0.5, 0.6) is 0 Å². The fraction of sp³-hybridized carbons (Fsp3) is 0.875. The standard InChI is InChI=1S/C16H30O4/c1-11(2)9-13(15(17)18)7-5-6-8-14(16(19)20)10-12(3)4/h11-14H,5-10H2,1-4H3,(H,17,18)(H,19,20). The van der Waals surface area contributed by atoms with E-state index in [4.69, 9.17) is 10.2 Å². The molecule has 0 saturated carbocycles. The van der Waals surface area contributed by atoms with E-state index < -0.39 is 11.9 Å². The highest BCUT2D eigenvalue weighted by molar-refractivity contribution is 5.70. The zero-order valence-corrected chi connectivity index (χ0v) is 13.3. The molecule has 0 aromatic heterocycles. The highest BCUT2D eigenvalue weighted by Crippen LogP contribution is 2.22. The maximum absolute atomic E-state index is 11.1. The Labute approximate surface area is 122 Å². The maximum Gasteiger partial charge on any atom is 0.306 e. The molecular weight excluding hydrogens is 256 g/mol. The van der Waals surface area contributed by atoms with Gasteiger partial charge in [0.25, 0.3) is 0 Å². The Hall–Kier alpha value is -1.06. The second kappa shape index (κ2) is 9.78. The minimum absolute atomic E-state index is 0.289. The highest BCUT2D eigenvalue weighted by Gasteiger charge is 2.21. The molecule has 118 valence electrons. The van der Waals surface area contributed by atoms with Crippen LogP contribution in [0.15, 0.2) is 0 Å². The lowest BCUT2D eigenvalue weighted by atomic mass is 9.89. The van der Waals surface area contributed by atoms with E-state index >= 15 is 0 Å². The summed E-state index contributed by atoms with van der Waals surface area (Å²) in [5.41, 5.74) is 0. The topological polar surface area (TPSA) is 74.6 Å². The Morgan fingerprint density at radius 2 is 1.05 bits per heavy atom. The summed E-state index contributed by atoms with van der Waals surface area (Å²) in [5, 5.41) is 18.3. The molecule has 0 rings (SSSR count). The molecule has 0 bridgehead atoms. The molecule has 4 heteroatoms. The van der Waals surface area contributed by atoms with Crippen LogP contribution >= 0.6 is 0 Å². The summed E-state index contributed by atoms with van der Waals surface area (Å²) in [7, 11) is 0. The number of unbranched alkanes of at least 4 members (excludes halogenated alkanes) is 1. The van der Waals surface area contributed by atoms with Gasteiger partial charge in [0.05, 0.1) is 11.8 Å². The van der Waals surface area contributed by atoms with Gasteiger partial charge in [0.1, 0.15) is 0 Å². The summed E-state index contributed by atoms with van der Waals surface area (Å²) in [6.45, 7) is 8.11. The average molecular weight is 286 g/mol. The van der Waals surface area contributed by atoms with Gasteiger partial charge in [0.2, 0.25) is 0 Å². The van der Waals surface area contributed by atoms with Crippen molar-refractivity contribution in [2.24, 2.45) is 23.7 Å². The summed E-state index contributed by atoms with van der Waals surface area (Å²) in [4.78, 5) is 22.2. The first-order chi connectivity index (χ1) is 9.23. The van der Waals surface area contributed by atoms with Gasteiger partial charge >= 0.3 is 11.9 Å². The van der Waals surface area contributed by atoms with Crippen LogP contribution in [-0.4, -0.2) is 22.2 Å². The zero-order valence-electron chi connectivity index (χ0n) is 13.3. The third-order valence-corrected chi connectivity index (χ3v) is 3.57. The summed E-state index contributed by atoms with van der Waals surface area (Å²) in [6.07, 6.45) is 4.30.